The van der Waals surface area contributed by atoms with Crippen LogP contribution < -0.4 is 4.74 Å². The Labute approximate surface area is 91.7 Å². The number of carbonyl (C=O) groups is 1. The number of aliphatic carboxylic acids is 1. The second-order valence-electron chi connectivity index (χ2n) is 3.51. The van der Waals surface area contributed by atoms with Crippen LogP contribution in [0.25, 0.3) is 0 Å². The number of aryl methyl sites for hydroxylation is 2. The van der Waals surface area contributed by atoms with E-state index >= 15 is 0 Å². The average Bonchev–Trinajstić information content (AvgIpc) is 2.09. The van der Waals surface area contributed by atoms with E-state index in [0.717, 1.165) is 5.56 Å². The van der Waals surface area contributed by atoms with Gasteiger partial charge < -0.3 is 9.84 Å². The molecular formula is C11H12F2O3. The van der Waals surface area contributed by atoms with Gasteiger partial charge in [-0.25, -0.2) is 0 Å². The highest BCUT2D eigenvalue weighted by atomic mass is 19.3. The van der Waals surface area contributed by atoms with Gasteiger partial charge in [-0.15, -0.1) is 0 Å². The summed E-state index contributed by atoms with van der Waals surface area (Å²) in [7, 11) is 0. The Bertz CT molecular complexity index is 402. The van der Waals surface area contributed by atoms with Gasteiger partial charge in [0.25, 0.3) is 0 Å². The van der Waals surface area contributed by atoms with Gasteiger partial charge in [-0.2, -0.15) is 8.78 Å². The predicted octanol–water partition coefficient (Wildman–Crippen LogP) is 2.53. The normalized spacial score (nSPS) is 10.6. The van der Waals surface area contributed by atoms with Gasteiger partial charge in [0.2, 0.25) is 0 Å². The summed E-state index contributed by atoms with van der Waals surface area (Å²) in [6.07, 6.45) is -0.325. The van der Waals surface area contributed by atoms with E-state index in [0.29, 0.717) is 11.1 Å². The molecule has 0 unspecified atom stereocenters. The number of carboxylic acid groups (broad SMARTS) is 1. The molecule has 0 saturated heterocycles. The molecular weight excluding hydrogens is 218 g/mol. The summed E-state index contributed by atoms with van der Waals surface area (Å²) >= 11 is 0. The van der Waals surface area contributed by atoms with Gasteiger partial charge in [-0.3, -0.25) is 4.79 Å². The summed E-state index contributed by atoms with van der Waals surface area (Å²) in [6, 6.07) is 3.15. The van der Waals surface area contributed by atoms with Crippen molar-refractivity contribution in [1.29, 1.82) is 0 Å². The highest BCUT2D eigenvalue weighted by Gasteiger charge is 2.15. The molecule has 0 aliphatic rings. The first-order chi connectivity index (χ1) is 7.40. The van der Waals surface area contributed by atoms with E-state index in [1.165, 1.54) is 6.07 Å². The minimum absolute atomic E-state index is 0.0603. The van der Waals surface area contributed by atoms with Gasteiger partial charge in [0, 0.05) is 5.56 Å². The van der Waals surface area contributed by atoms with Crippen molar-refractivity contribution >= 4 is 5.97 Å². The van der Waals surface area contributed by atoms with E-state index in [1.54, 1.807) is 19.9 Å². The maximum atomic E-state index is 12.1. The van der Waals surface area contributed by atoms with Gasteiger partial charge >= 0.3 is 12.6 Å². The zero-order chi connectivity index (χ0) is 12.3. The van der Waals surface area contributed by atoms with Gasteiger partial charge in [0.05, 0.1) is 6.42 Å². The Morgan fingerprint density at radius 1 is 1.44 bits per heavy atom. The molecule has 16 heavy (non-hydrogen) atoms. The highest BCUT2D eigenvalue weighted by molar-refractivity contribution is 5.72. The van der Waals surface area contributed by atoms with Crippen molar-refractivity contribution in [2.75, 3.05) is 0 Å². The molecule has 0 fully saturated rings. The minimum atomic E-state index is -2.95. The fourth-order valence-electron chi connectivity index (χ4n) is 1.54. The lowest BCUT2D eigenvalue weighted by molar-refractivity contribution is -0.136. The SMILES string of the molecule is Cc1cc(C)c(CC(=O)O)c(OC(F)F)c1. The van der Waals surface area contributed by atoms with Crippen LogP contribution in [0.4, 0.5) is 8.78 Å². The molecule has 0 spiro atoms. The van der Waals surface area contributed by atoms with Gasteiger partial charge in [0.1, 0.15) is 5.75 Å². The van der Waals surface area contributed by atoms with Gasteiger partial charge in [0.15, 0.2) is 0 Å². The smallest absolute Gasteiger partial charge is 0.387 e. The molecule has 0 aliphatic carbocycles. The molecule has 0 amide bonds. The Morgan fingerprint density at radius 2 is 2.06 bits per heavy atom. The number of alkyl halides is 2. The molecule has 0 aromatic heterocycles. The second kappa shape index (κ2) is 4.92. The van der Waals surface area contributed by atoms with Crippen molar-refractivity contribution < 1.29 is 23.4 Å². The largest absolute Gasteiger partial charge is 0.481 e. The fraction of sp³-hybridized carbons (Fsp3) is 0.364. The molecule has 88 valence electrons. The van der Waals surface area contributed by atoms with E-state index in [9.17, 15) is 13.6 Å². The fourth-order valence-corrected chi connectivity index (χ4v) is 1.54. The van der Waals surface area contributed by atoms with Crippen molar-refractivity contribution in [2.24, 2.45) is 0 Å². The number of hydrogen-bond donors (Lipinski definition) is 1. The molecule has 1 aromatic rings. The summed E-state index contributed by atoms with van der Waals surface area (Å²) in [4.78, 5) is 10.6. The van der Waals surface area contributed by atoms with Gasteiger partial charge in [-0.05, 0) is 31.0 Å². The number of benzene rings is 1. The van der Waals surface area contributed by atoms with Gasteiger partial charge in [-0.1, -0.05) is 6.07 Å². The Balaban J connectivity index is 3.15. The molecule has 1 aromatic carbocycles. The molecule has 0 heterocycles. The number of carboxylic acids is 1. The molecule has 0 bridgehead atoms. The zero-order valence-electron chi connectivity index (χ0n) is 8.96. The summed E-state index contributed by atoms with van der Waals surface area (Å²) in [5.41, 5.74) is 1.68. The standard InChI is InChI=1S/C11H12F2O3/c1-6-3-7(2)8(5-10(14)15)9(4-6)16-11(12)13/h3-4,11H,5H2,1-2H3,(H,14,15). The van der Waals surface area contributed by atoms with Crippen molar-refractivity contribution in [2.45, 2.75) is 26.9 Å². The molecule has 0 saturated carbocycles. The Hall–Kier alpha value is -1.65. The topological polar surface area (TPSA) is 46.5 Å². The first-order valence-electron chi connectivity index (χ1n) is 4.67. The van der Waals surface area contributed by atoms with Crippen LogP contribution in [0, 0.1) is 13.8 Å². The summed E-state index contributed by atoms with van der Waals surface area (Å²) in [5.74, 6) is -1.14. The Morgan fingerprint density at radius 3 is 2.56 bits per heavy atom. The van der Waals surface area contributed by atoms with Crippen LogP contribution in [0.1, 0.15) is 16.7 Å². The Kier molecular flexibility index (Phi) is 3.82. The zero-order valence-corrected chi connectivity index (χ0v) is 8.96. The lowest BCUT2D eigenvalue weighted by Crippen LogP contribution is -2.09. The number of rotatable bonds is 4. The van der Waals surface area contributed by atoms with Crippen LogP contribution in [0.15, 0.2) is 12.1 Å². The number of ether oxygens (including phenoxy) is 1. The first kappa shape index (κ1) is 12.4. The third-order valence-electron chi connectivity index (χ3n) is 2.12. The molecule has 0 radical (unpaired) electrons. The van der Waals surface area contributed by atoms with Crippen molar-refractivity contribution in [3.8, 4) is 5.75 Å². The van der Waals surface area contributed by atoms with E-state index in [2.05, 4.69) is 4.74 Å². The lowest BCUT2D eigenvalue weighted by Gasteiger charge is -2.13. The first-order valence-corrected chi connectivity index (χ1v) is 4.67. The maximum absolute atomic E-state index is 12.1. The monoisotopic (exact) mass is 230 g/mol. The molecule has 5 heteroatoms. The molecule has 1 rings (SSSR count). The van der Waals surface area contributed by atoms with Crippen LogP contribution in [0.2, 0.25) is 0 Å². The van der Waals surface area contributed by atoms with Crippen LogP contribution in [-0.4, -0.2) is 17.7 Å². The van der Waals surface area contributed by atoms with Crippen molar-refractivity contribution in [1.82, 2.24) is 0 Å². The van der Waals surface area contributed by atoms with Crippen LogP contribution in [-0.2, 0) is 11.2 Å². The van der Waals surface area contributed by atoms with E-state index < -0.39 is 12.6 Å². The van der Waals surface area contributed by atoms with E-state index in [-0.39, 0.29) is 12.2 Å². The molecule has 1 N–H and O–H groups in total. The number of halogens is 2. The number of hydrogen-bond acceptors (Lipinski definition) is 2. The highest BCUT2D eigenvalue weighted by Crippen LogP contribution is 2.26. The summed E-state index contributed by atoms with van der Waals surface area (Å²) in [6.45, 7) is 0.452. The molecule has 0 aliphatic heterocycles. The average molecular weight is 230 g/mol. The predicted molar refractivity (Wildman–Crippen MR) is 53.9 cm³/mol. The third kappa shape index (κ3) is 3.18. The van der Waals surface area contributed by atoms with Crippen LogP contribution >= 0.6 is 0 Å². The second-order valence-corrected chi connectivity index (χ2v) is 3.51. The van der Waals surface area contributed by atoms with E-state index in [1.807, 2.05) is 0 Å². The van der Waals surface area contributed by atoms with Crippen LogP contribution in [0.3, 0.4) is 0 Å². The lowest BCUT2D eigenvalue weighted by atomic mass is 10.0. The quantitative estimate of drug-likeness (QED) is 0.864. The molecule has 0 atom stereocenters. The molecule has 3 nitrogen and oxygen atoms in total. The van der Waals surface area contributed by atoms with E-state index in [4.69, 9.17) is 5.11 Å². The maximum Gasteiger partial charge on any atom is 0.387 e. The van der Waals surface area contributed by atoms with Crippen molar-refractivity contribution in [3.63, 3.8) is 0 Å². The van der Waals surface area contributed by atoms with Crippen molar-refractivity contribution in [3.05, 3.63) is 28.8 Å². The summed E-state index contributed by atoms with van der Waals surface area (Å²) < 4.78 is 28.6. The summed E-state index contributed by atoms with van der Waals surface area (Å²) in [5, 5.41) is 8.68. The minimum Gasteiger partial charge on any atom is -0.481 e. The van der Waals surface area contributed by atoms with Crippen LogP contribution in [0.5, 0.6) is 5.75 Å². The third-order valence-corrected chi connectivity index (χ3v) is 2.12.